The van der Waals surface area contributed by atoms with Crippen LogP contribution in [0.2, 0.25) is 0 Å². The smallest absolute Gasteiger partial charge is 0.0230 e. The second kappa shape index (κ2) is 3.53. The van der Waals surface area contributed by atoms with Crippen LogP contribution in [0.25, 0.3) is 0 Å². The van der Waals surface area contributed by atoms with E-state index in [4.69, 9.17) is 0 Å². The number of rotatable bonds is 2. The van der Waals surface area contributed by atoms with Gasteiger partial charge in [0.15, 0.2) is 0 Å². The average Bonchev–Trinajstić information content (AvgIpc) is 1.88. The highest BCUT2D eigenvalue weighted by molar-refractivity contribution is 7.51. The van der Waals surface area contributed by atoms with Crippen LogP contribution >= 0.6 is 8.58 Å². The topological polar surface area (TPSA) is 0 Å². The van der Waals surface area contributed by atoms with Gasteiger partial charge >= 0.3 is 0 Å². The van der Waals surface area contributed by atoms with Gasteiger partial charge in [-0.25, -0.2) is 0 Å². The number of hydrogen-bond donors (Lipinski definition) is 0. The van der Waals surface area contributed by atoms with Crippen molar-refractivity contribution in [3.05, 3.63) is 42.2 Å². The van der Waals surface area contributed by atoms with Gasteiger partial charge in [0.05, 0.1) is 0 Å². The van der Waals surface area contributed by atoms with Crippen molar-refractivity contribution >= 4 is 13.9 Å². The maximum atomic E-state index is 3.86. The SMILES string of the molecule is C=C(C)Pc1ccccc1. The lowest BCUT2D eigenvalue weighted by Crippen LogP contribution is -1.89. The van der Waals surface area contributed by atoms with E-state index >= 15 is 0 Å². The number of allylic oxidation sites excluding steroid dienone is 1. The molecule has 1 atom stereocenters. The van der Waals surface area contributed by atoms with Gasteiger partial charge in [-0.15, -0.1) is 0 Å². The highest BCUT2D eigenvalue weighted by Crippen LogP contribution is 2.18. The fourth-order valence-corrected chi connectivity index (χ4v) is 1.62. The molecule has 0 amide bonds. The molecule has 52 valence electrons. The summed E-state index contributed by atoms with van der Waals surface area (Å²) in [5.41, 5.74) is 0. The standard InChI is InChI=1S/C9H11P/c1-8(2)10-9-6-4-3-5-7-9/h3-7,10H,1H2,2H3. The number of hydrogen-bond acceptors (Lipinski definition) is 0. The maximum Gasteiger partial charge on any atom is -0.0230 e. The Balaban J connectivity index is 2.67. The van der Waals surface area contributed by atoms with Crippen LogP contribution in [-0.2, 0) is 0 Å². The Hall–Kier alpha value is -0.610. The van der Waals surface area contributed by atoms with Gasteiger partial charge in [-0.05, 0) is 12.2 Å². The van der Waals surface area contributed by atoms with Crippen LogP contribution in [0.15, 0.2) is 42.2 Å². The van der Waals surface area contributed by atoms with Crippen LogP contribution in [0.4, 0.5) is 0 Å². The van der Waals surface area contributed by atoms with Crippen molar-refractivity contribution in [3.63, 3.8) is 0 Å². The lowest BCUT2D eigenvalue weighted by atomic mass is 10.4. The molecule has 0 aliphatic carbocycles. The molecule has 0 heterocycles. The van der Waals surface area contributed by atoms with Crippen molar-refractivity contribution in [2.24, 2.45) is 0 Å². The molecule has 1 aromatic rings. The van der Waals surface area contributed by atoms with Crippen molar-refractivity contribution in [2.75, 3.05) is 0 Å². The first-order valence-corrected chi connectivity index (χ1v) is 4.26. The largest absolute Gasteiger partial charge is 0.0956 e. The fourth-order valence-electron chi connectivity index (χ4n) is 0.768. The van der Waals surface area contributed by atoms with E-state index in [9.17, 15) is 0 Å². The predicted molar refractivity (Wildman–Crippen MR) is 49.2 cm³/mol. The van der Waals surface area contributed by atoms with Gasteiger partial charge in [0.2, 0.25) is 0 Å². The molecular weight excluding hydrogens is 139 g/mol. The predicted octanol–water partition coefficient (Wildman–Crippen LogP) is 2.52. The average molecular weight is 150 g/mol. The van der Waals surface area contributed by atoms with Gasteiger partial charge in [0.25, 0.3) is 0 Å². The molecular formula is C9H11P. The van der Waals surface area contributed by atoms with Crippen molar-refractivity contribution in [1.82, 2.24) is 0 Å². The summed E-state index contributed by atoms with van der Waals surface area (Å²) < 4.78 is 0. The molecule has 0 aliphatic heterocycles. The van der Waals surface area contributed by atoms with Gasteiger partial charge in [0, 0.05) is 0 Å². The van der Waals surface area contributed by atoms with E-state index in [0.717, 1.165) is 8.58 Å². The van der Waals surface area contributed by atoms with E-state index in [1.165, 1.54) is 10.6 Å². The molecule has 0 saturated carbocycles. The zero-order chi connectivity index (χ0) is 7.40. The Morgan fingerprint density at radius 1 is 1.30 bits per heavy atom. The van der Waals surface area contributed by atoms with Crippen LogP contribution in [-0.4, -0.2) is 0 Å². The molecule has 1 rings (SSSR count). The summed E-state index contributed by atoms with van der Waals surface area (Å²) in [7, 11) is 0.766. The second-order valence-electron chi connectivity index (χ2n) is 2.27. The molecule has 0 nitrogen and oxygen atoms in total. The summed E-state index contributed by atoms with van der Waals surface area (Å²) in [6.07, 6.45) is 0. The van der Waals surface area contributed by atoms with Crippen LogP contribution in [0.3, 0.4) is 0 Å². The van der Waals surface area contributed by atoms with Crippen molar-refractivity contribution in [2.45, 2.75) is 6.92 Å². The zero-order valence-electron chi connectivity index (χ0n) is 6.09. The van der Waals surface area contributed by atoms with Crippen molar-refractivity contribution < 1.29 is 0 Å². The molecule has 0 aliphatic rings. The molecule has 10 heavy (non-hydrogen) atoms. The van der Waals surface area contributed by atoms with E-state index in [-0.39, 0.29) is 0 Å². The lowest BCUT2D eigenvalue weighted by Gasteiger charge is -1.97. The van der Waals surface area contributed by atoms with Gasteiger partial charge in [-0.1, -0.05) is 50.8 Å². The quantitative estimate of drug-likeness (QED) is 0.568. The van der Waals surface area contributed by atoms with Gasteiger partial charge in [0.1, 0.15) is 0 Å². The van der Waals surface area contributed by atoms with Crippen molar-refractivity contribution in [1.29, 1.82) is 0 Å². The van der Waals surface area contributed by atoms with E-state index in [0.29, 0.717) is 0 Å². The third-order valence-electron chi connectivity index (χ3n) is 1.13. The molecule has 1 unspecified atom stereocenters. The van der Waals surface area contributed by atoms with Crippen LogP contribution in [0, 0.1) is 0 Å². The number of benzene rings is 1. The van der Waals surface area contributed by atoms with Gasteiger partial charge in [-0.2, -0.15) is 0 Å². The van der Waals surface area contributed by atoms with Crippen LogP contribution in [0.1, 0.15) is 6.92 Å². The van der Waals surface area contributed by atoms with E-state index < -0.39 is 0 Å². The summed E-state index contributed by atoms with van der Waals surface area (Å²) >= 11 is 0. The van der Waals surface area contributed by atoms with E-state index in [1.807, 2.05) is 6.07 Å². The third kappa shape index (κ3) is 2.33. The molecule has 0 N–H and O–H groups in total. The van der Waals surface area contributed by atoms with Crippen molar-refractivity contribution in [3.8, 4) is 0 Å². The highest BCUT2D eigenvalue weighted by Gasteiger charge is 1.88. The summed E-state index contributed by atoms with van der Waals surface area (Å²) in [5.74, 6) is 0. The van der Waals surface area contributed by atoms with Crippen LogP contribution < -0.4 is 5.30 Å². The summed E-state index contributed by atoms with van der Waals surface area (Å²) in [4.78, 5) is 0. The molecule has 0 aromatic heterocycles. The Morgan fingerprint density at radius 2 is 1.90 bits per heavy atom. The second-order valence-corrected chi connectivity index (χ2v) is 3.95. The minimum Gasteiger partial charge on any atom is -0.0956 e. The first kappa shape index (κ1) is 7.50. The normalized spacial score (nSPS) is 10.5. The first-order chi connectivity index (χ1) is 4.79. The lowest BCUT2D eigenvalue weighted by molar-refractivity contribution is 1.71. The zero-order valence-corrected chi connectivity index (χ0v) is 7.09. The summed E-state index contributed by atoms with van der Waals surface area (Å²) in [6, 6.07) is 10.4. The Labute approximate surface area is 63.8 Å². The fraction of sp³-hybridized carbons (Fsp3) is 0.111. The van der Waals surface area contributed by atoms with E-state index in [2.05, 4.69) is 37.8 Å². The Bertz CT molecular complexity index is 213. The molecule has 0 radical (unpaired) electrons. The maximum absolute atomic E-state index is 3.86. The van der Waals surface area contributed by atoms with E-state index in [1.54, 1.807) is 0 Å². The Kier molecular flexibility index (Phi) is 2.65. The summed E-state index contributed by atoms with van der Waals surface area (Å²) in [6.45, 7) is 5.92. The third-order valence-corrected chi connectivity index (χ3v) is 2.18. The van der Waals surface area contributed by atoms with Gasteiger partial charge in [-0.3, -0.25) is 0 Å². The van der Waals surface area contributed by atoms with Gasteiger partial charge < -0.3 is 0 Å². The molecule has 0 bridgehead atoms. The minimum absolute atomic E-state index is 0.766. The molecule has 1 heteroatoms. The molecule has 1 aromatic carbocycles. The summed E-state index contributed by atoms with van der Waals surface area (Å²) in [5, 5.41) is 2.61. The molecule has 0 spiro atoms. The monoisotopic (exact) mass is 150 g/mol. The minimum atomic E-state index is 0.766. The molecule has 0 fully saturated rings. The Morgan fingerprint density at radius 3 is 2.40 bits per heavy atom. The highest BCUT2D eigenvalue weighted by atomic mass is 31.1. The van der Waals surface area contributed by atoms with Crippen LogP contribution in [0.5, 0.6) is 0 Å². The first-order valence-electron chi connectivity index (χ1n) is 3.26. The molecule has 0 saturated heterocycles.